The summed E-state index contributed by atoms with van der Waals surface area (Å²) in [6.45, 7) is 5.84. The summed E-state index contributed by atoms with van der Waals surface area (Å²) in [7, 11) is 0. The molecule has 2 aromatic carbocycles. The van der Waals surface area contributed by atoms with E-state index in [9.17, 15) is 18.0 Å². The first kappa shape index (κ1) is 27.0. The number of pyridine rings is 1. The molecule has 0 saturated carbocycles. The maximum atomic E-state index is 14.2. The van der Waals surface area contributed by atoms with Crippen LogP contribution in [0.5, 0.6) is 11.6 Å². The van der Waals surface area contributed by atoms with E-state index >= 15 is 0 Å². The van der Waals surface area contributed by atoms with Gasteiger partial charge < -0.3 is 19.5 Å². The molecule has 1 aliphatic rings. The molecule has 38 heavy (non-hydrogen) atoms. The number of ether oxygens (including phenoxy) is 3. The third kappa shape index (κ3) is 6.10. The zero-order chi connectivity index (χ0) is 27.3. The van der Waals surface area contributed by atoms with Crippen molar-refractivity contribution in [3.63, 3.8) is 0 Å². The highest BCUT2D eigenvalue weighted by molar-refractivity contribution is 5.95. The van der Waals surface area contributed by atoms with Gasteiger partial charge in [0.05, 0.1) is 23.7 Å². The number of nitrogens with zero attached hydrogens (tertiary/aromatic N) is 1. The number of allylic oxidation sites excluding steroid dienone is 1. The minimum Gasteiger partial charge on any atom is -0.490 e. The highest BCUT2D eigenvalue weighted by atomic mass is 19.4. The Morgan fingerprint density at radius 2 is 1.71 bits per heavy atom. The molecule has 0 saturated heterocycles. The van der Waals surface area contributed by atoms with Crippen molar-refractivity contribution in [1.82, 2.24) is 4.98 Å². The van der Waals surface area contributed by atoms with Crippen LogP contribution in [0.4, 0.5) is 18.9 Å². The van der Waals surface area contributed by atoms with Gasteiger partial charge in [0.15, 0.2) is 0 Å². The number of hydrogen-bond acceptors (Lipinski definition) is 6. The van der Waals surface area contributed by atoms with Gasteiger partial charge in [0, 0.05) is 23.1 Å². The SMILES string of the molecule is CC1=C(C(=O)OCCOc2ccccc2)C(c2ccccc2C(F)(F)F)c2c(ccnc2OCC(C)C)N1. The lowest BCUT2D eigenvalue weighted by atomic mass is 9.79. The number of rotatable bonds is 9. The number of hydrogen-bond donors (Lipinski definition) is 1. The molecule has 0 fully saturated rings. The third-order valence-corrected chi connectivity index (χ3v) is 5.94. The van der Waals surface area contributed by atoms with Gasteiger partial charge in [-0.05, 0) is 42.7 Å². The number of para-hydroxylation sites is 1. The second-order valence-electron chi connectivity index (χ2n) is 9.26. The molecule has 6 nitrogen and oxygen atoms in total. The van der Waals surface area contributed by atoms with Gasteiger partial charge in [0.25, 0.3) is 0 Å². The average Bonchev–Trinajstić information content (AvgIpc) is 2.89. The number of benzene rings is 2. The lowest BCUT2D eigenvalue weighted by Gasteiger charge is -2.32. The van der Waals surface area contributed by atoms with Crippen LogP contribution in [0.25, 0.3) is 0 Å². The monoisotopic (exact) mass is 526 g/mol. The lowest BCUT2D eigenvalue weighted by molar-refractivity contribution is -0.141. The van der Waals surface area contributed by atoms with Crippen LogP contribution in [0.2, 0.25) is 0 Å². The largest absolute Gasteiger partial charge is 0.490 e. The van der Waals surface area contributed by atoms with Crippen molar-refractivity contribution in [2.24, 2.45) is 5.92 Å². The van der Waals surface area contributed by atoms with Crippen molar-refractivity contribution in [2.45, 2.75) is 32.9 Å². The van der Waals surface area contributed by atoms with E-state index in [-0.39, 0.29) is 36.1 Å². The number of nitrogens with one attached hydrogen (secondary N) is 1. The summed E-state index contributed by atoms with van der Waals surface area (Å²) >= 11 is 0. The fraction of sp³-hybridized carbons (Fsp3) is 0.310. The molecule has 1 atom stereocenters. The minimum atomic E-state index is -4.64. The van der Waals surface area contributed by atoms with Crippen molar-refractivity contribution in [2.75, 3.05) is 25.1 Å². The molecular formula is C29H29F3N2O4. The van der Waals surface area contributed by atoms with E-state index in [1.807, 2.05) is 32.0 Å². The number of carbonyl (C=O) groups excluding carboxylic acids is 1. The van der Waals surface area contributed by atoms with Gasteiger partial charge in [-0.25, -0.2) is 9.78 Å². The van der Waals surface area contributed by atoms with Crippen molar-refractivity contribution in [3.8, 4) is 11.6 Å². The van der Waals surface area contributed by atoms with Crippen LogP contribution in [-0.2, 0) is 15.7 Å². The molecule has 0 amide bonds. The van der Waals surface area contributed by atoms with Crippen LogP contribution >= 0.6 is 0 Å². The average molecular weight is 527 g/mol. The van der Waals surface area contributed by atoms with Gasteiger partial charge in [-0.1, -0.05) is 50.2 Å². The molecule has 9 heteroatoms. The predicted octanol–water partition coefficient (Wildman–Crippen LogP) is 6.59. The normalized spacial score (nSPS) is 15.1. The second-order valence-corrected chi connectivity index (χ2v) is 9.26. The Labute approximate surface area is 219 Å². The number of fused-ring (bicyclic) bond motifs is 1. The molecule has 0 aliphatic carbocycles. The van der Waals surface area contributed by atoms with Crippen LogP contribution in [0, 0.1) is 5.92 Å². The van der Waals surface area contributed by atoms with E-state index in [4.69, 9.17) is 14.2 Å². The Morgan fingerprint density at radius 3 is 2.42 bits per heavy atom. The molecule has 200 valence electrons. The van der Waals surface area contributed by atoms with Gasteiger partial charge in [0.2, 0.25) is 5.88 Å². The minimum absolute atomic E-state index is 0.0521. The summed E-state index contributed by atoms with van der Waals surface area (Å²) in [5.41, 5.74) is 0.370. The summed E-state index contributed by atoms with van der Waals surface area (Å²) in [6.07, 6.45) is -3.12. The predicted molar refractivity (Wildman–Crippen MR) is 137 cm³/mol. The maximum Gasteiger partial charge on any atom is 0.416 e. The van der Waals surface area contributed by atoms with Crippen molar-refractivity contribution >= 4 is 11.7 Å². The smallest absolute Gasteiger partial charge is 0.416 e. The zero-order valence-electron chi connectivity index (χ0n) is 21.3. The van der Waals surface area contributed by atoms with E-state index in [2.05, 4.69) is 10.3 Å². The first-order valence-corrected chi connectivity index (χ1v) is 12.3. The summed E-state index contributed by atoms with van der Waals surface area (Å²) in [5.74, 6) is -0.949. The quantitative estimate of drug-likeness (QED) is 0.251. The number of esters is 1. The molecule has 1 aliphatic heterocycles. The fourth-order valence-corrected chi connectivity index (χ4v) is 4.31. The second kappa shape index (κ2) is 11.6. The summed E-state index contributed by atoms with van der Waals surface area (Å²) in [5, 5.41) is 3.14. The standard InChI is InChI=1S/C29H29F3N2O4/c1-18(2)17-38-27-26-23(13-14-33-27)34-19(3)24(25(26)21-11-7-8-12-22(21)29(30,31)32)28(35)37-16-15-36-20-9-5-4-6-10-20/h4-14,18,25,34H,15-17H2,1-3H3. The van der Waals surface area contributed by atoms with E-state index in [1.54, 1.807) is 25.1 Å². The number of anilines is 1. The van der Waals surface area contributed by atoms with E-state index in [0.717, 1.165) is 6.07 Å². The Kier molecular flexibility index (Phi) is 8.24. The molecule has 4 rings (SSSR count). The number of alkyl halides is 3. The van der Waals surface area contributed by atoms with E-state index < -0.39 is 23.6 Å². The van der Waals surface area contributed by atoms with E-state index in [0.29, 0.717) is 29.3 Å². The Balaban J connectivity index is 1.72. The van der Waals surface area contributed by atoms with E-state index in [1.165, 1.54) is 24.4 Å². The van der Waals surface area contributed by atoms with Crippen LogP contribution in [-0.4, -0.2) is 30.8 Å². The first-order chi connectivity index (χ1) is 18.2. The van der Waals surface area contributed by atoms with Crippen LogP contribution in [0.1, 0.15) is 43.4 Å². The Hall–Kier alpha value is -4.01. The summed E-state index contributed by atoms with van der Waals surface area (Å²) < 4.78 is 59.5. The Morgan fingerprint density at radius 1 is 1.00 bits per heavy atom. The first-order valence-electron chi connectivity index (χ1n) is 12.3. The molecule has 1 unspecified atom stereocenters. The van der Waals surface area contributed by atoms with Crippen LogP contribution in [0.15, 0.2) is 78.1 Å². The molecule has 0 radical (unpaired) electrons. The maximum absolute atomic E-state index is 14.2. The van der Waals surface area contributed by atoms with Gasteiger partial charge in [-0.15, -0.1) is 0 Å². The zero-order valence-corrected chi connectivity index (χ0v) is 21.3. The third-order valence-electron chi connectivity index (χ3n) is 5.94. The Bertz CT molecular complexity index is 1310. The summed E-state index contributed by atoms with van der Waals surface area (Å²) in [6, 6.07) is 15.9. The topological polar surface area (TPSA) is 69.7 Å². The molecule has 1 aromatic heterocycles. The molecule has 0 spiro atoms. The van der Waals surface area contributed by atoms with Crippen molar-refractivity contribution < 1.29 is 32.2 Å². The van der Waals surface area contributed by atoms with Gasteiger partial charge >= 0.3 is 12.1 Å². The number of halogens is 3. The van der Waals surface area contributed by atoms with Gasteiger partial charge in [-0.2, -0.15) is 13.2 Å². The fourth-order valence-electron chi connectivity index (χ4n) is 4.31. The molecule has 2 heterocycles. The van der Waals surface area contributed by atoms with Gasteiger partial charge in [-0.3, -0.25) is 0 Å². The highest BCUT2D eigenvalue weighted by Gasteiger charge is 2.42. The molecule has 1 N–H and O–H groups in total. The van der Waals surface area contributed by atoms with Gasteiger partial charge in [0.1, 0.15) is 19.0 Å². The highest BCUT2D eigenvalue weighted by Crippen LogP contribution is 2.48. The lowest BCUT2D eigenvalue weighted by Crippen LogP contribution is -2.28. The van der Waals surface area contributed by atoms with Crippen LogP contribution < -0.4 is 14.8 Å². The molecule has 3 aromatic rings. The van der Waals surface area contributed by atoms with Crippen LogP contribution in [0.3, 0.4) is 0 Å². The van der Waals surface area contributed by atoms with Crippen molar-refractivity contribution in [3.05, 3.63) is 94.8 Å². The number of aromatic nitrogens is 1. The molecule has 0 bridgehead atoms. The van der Waals surface area contributed by atoms with Crippen molar-refractivity contribution in [1.29, 1.82) is 0 Å². The molecular weight excluding hydrogens is 497 g/mol. The number of carbonyl (C=O) groups is 1. The summed E-state index contributed by atoms with van der Waals surface area (Å²) in [4.78, 5) is 17.8.